The summed E-state index contributed by atoms with van der Waals surface area (Å²) in [5.41, 5.74) is 2.07. The van der Waals surface area contributed by atoms with Crippen LogP contribution in [0, 0.1) is 6.92 Å². The molecule has 0 fully saturated rings. The molecule has 5 nitrogen and oxygen atoms in total. The second-order valence-electron chi connectivity index (χ2n) is 4.97. The molecule has 0 unspecified atom stereocenters. The standard InChI is InChI=1S/C16H14N4O/c1-11-17-16-18-13(15-8-5-9-21-15)10-14(20(16)19-11)12-6-3-2-4-7-12/h2-10,14H,1H3,(H,17,18,19)/t14-/m1/s1. The van der Waals surface area contributed by atoms with Crippen LogP contribution in [-0.4, -0.2) is 14.8 Å². The van der Waals surface area contributed by atoms with Gasteiger partial charge in [-0.1, -0.05) is 30.3 Å². The minimum Gasteiger partial charge on any atom is -0.463 e. The first-order valence-electron chi connectivity index (χ1n) is 6.82. The molecule has 0 saturated carbocycles. The second kappa shape index (κ2) is 4.63. The smallest absolute Gasteiger partial charge is 0.226 e. The van der Waals surface area contributed by atoms with Crippen molar-refractivity contribution in [1.29, 1.82) is 0 Å². The molecular weight excluding hydrogens is 264 g/mol. The Morgan fingerprint density at radius 1 is 1.14 bits per heavy atom. The Morgan fingerprint density at radius 2 is 2.00 bits per heavy atom. The third-order valence-corrected chi connectivity index (χ3v) is 3.50. The second-order valence-corrected chi connectivity index (χ2v) is 4.97. The van der Waals surface area contributed by atoms with Gasteiger partial charge in [-0.25, -0.2) is 4.68 Å². The van der Waals surface area contributed by atoms with E-state index in [2.05, 4.69) is 33.6 Å². The average molecular weight is 278 g/mol. The van der Waals surface area contributed by atoms with Crippen LogP contribution in [0.4, 0.5) is 5.95 Å². The van der Waals surface area contributed by atoms with Gasteiger partial charge in [0, 0.05) is 0 Å². The van der Waals surface area contributed by atoms with Gasteiger partial charge in [0.2, 0.25) is 5.95 Å². The van der Waals surface area contributed by atoms with E-state index in [0.717, 1.165) is 28.8 Å². The first-order valence-corrected chi connectivity index (χ1v) is 6.82. The monoisotopic (exact) mass is 278 g/mol. The topological polar surface area (TPSA) is 55.9 Å². The molecule has 1 aromatic carbocycles. The molecule has 1 N–H and O–H groups in total. The van der Waals surface area contributed by atoms with Crippen LogP contribution in [0.1, 0.15) is 23.2 Å². The molecule has 1 aliphatic rings. The summed E-state index contributed by atoms with van der Waals surface area (Å²) in [6, 6.07) is 14.1. The molecule has 0 aliphatic carbocycles. The molecule has 2 aromatic heterocycles. The molecule has 0 radical (unpaired) electrons. The van der Waals surface area contributed by atoms with Gasteiger partial charge in [-0.05, 0) is 30.7 Å². The number of aryl methyl sites for hydroxylation is 1. The van der Waals surface area contributed by atoms with Crippen molar-refractivity contribution in [2.75, 3.05) is 5.32 Å². The van der Waals surface area contributed by atoms with Crippen molar-refractivity contribution in [3.8, 4) is 0 Å². The van der Waals surface area contributed by atoms with Gasteiger partial charge in [-0.3, -0.25) is 0 Å². The van der Waals surface area contributed by atoms with Gasteiger partial charge in [0.05, 0.1) is 12.0 Å². The minimum absolute atomic E-state index is 0.00347. The van der Waals surface area contributed by atoms with Crippen molar-refractivity contribution in [2.24, 2.45) is 0 Å². The van der Waals surface area contributed by atoms with Crippen molar-refractivity contribution in [3.05, 3.63) is 72.0 Å². The molecule has 1 atom stereocenters. The Hall–Kier alpha value is -2.82. The number of aromatic nitrogens is 3. The molecule has 0 spiro atoms. The van der Waals surface area contributed by atoms with Crippen LogP contribution in [0.15, 0.2) is 59.2 Å². The molecule has 0 saturated heterocycles. The van der Waals surface area contributed by atoms with Crippen molar-refractivity contribution < 1.29 is 4.42 Å². The number of furan rings is 1. The number of hydrogen-bond acceptors (Lipinski definition) is 4. The highest BCUT2D eigenvalue weighted by Crippen LogP contribution is 2.32. The summed E-state index contributed by atoms with van der Waals surface area (Å²) in [5.74, 6) is 2.27. The fourth-order valence-corrected chi connectivity index (χ4v) is 2.56. The van der Waals surface area contributed by atoms with Gasteiger partial charge >= 0.3 is 0 Å². The number of nitrogens with zero attached hydrogens (tertiary/aromatic N) is 3. The van der Waals surface area contributed by atoms with E-state index in [0.29, 0.717) is 0 Å². The Bertz CT molecular complexity index is 787. The molecule has 0 amide bonds. The predicted octanol–water partition coefficient (Wildman–Crippen LogP) is 3.24. The van der Waals surface area contributed by atoms with Gasteiger partial charge in [0.1, 0.15) is 17.6 Å². The van der Waals surface area contributed by atoms with Crippen molar-refractivity contribution in [3.63, 3.8) is 0 Å². The predicted molar refractivity (Wildman–Crippen MR) is 79.6 cm³/mol. The highest BCUT2D eigenvalue weighted by Gasteiger charge is 2.25. The van der Waals surface area contributed by atoms with Crippen LogP contribution in [-0.2, 0) is 0 Å². The van der Waals surface area contributed by atoms with E-state index in [1.807, 2.05) is 41.9 Å². The van der Waals surface area contributed by atoms with Gasteiger partial charge in [-0.2, -0.15) is 10.1 Å². The fraction of sp³-hybridized carbons (Fsp3) is 0.125. The molecule has 0 bridgehead atoms. The fourth-order valence-electron chi connectivity index (χ4n) is 2.56. The van der Waals surface area contributed by atoms with E-state index in [-0.39, 0.29) is 6.04 Å². The summed E-state index contributed by atoms with van der Waals surface area (Å²) in [4.78, 5) is 4.45. The average Bonchev–Trinajstić information content (AvgIpc) is 3.15. The van der Waals surface area contributed by atoms with Gasteiger partial charge in [0.25, 0.3) is 0 Å². The van der Waals surface area contributed by atoms with E-state index in [1.165, 1.54) is 0 Å². The number of nitrogens with one attached hydrogen (secondary N) is 1. The van der Waals surface area contributed by atoms with Gasteiger partial charge in [-0.15, -0.1) is 0 Å². The largest absolute Gasteiger partial charge is 0.463 e. The maximum Gasteiger partial charge on any atom is 0.226 e. The number of anilines is 1. The SMILES string of the molecule is Cc1nc2n(n1)[C@@H](c1ccccc1)C=C(c1ccco1)N2. The Kier molecular flexibility index (Phi) is 2.64. The number of hydrogen-bond donors (Lipinski definition) is 1. The molecule has 4 rings (SSSR count). The minimum atomic E-state index is 0.00347. The zero-order valence-electron chi connectivity index (χ0n) is 11.5. The number of benzene rings is 1. The van der Waals surface area contributed by atoms with Gasteiger partial charge in [0.15, 0.2) is 0 Å². The maximum absolute atomic E-state index is 5.49. The molecule has 104 valence electrons. The molecule has 1 aliphatic heterocycles. The first kappa shape index (κ1) is 12.0. The lowest BCUT2D eigenvalue weighted by Gasteiger charge is -2.23. The Balaban J connectivity index is 1.85. The summed E-state index contributed by atoms with van der Waals surface area (Å²) in [6.07, 6.45) is 3.77. The summed E-state index contributed by atoms with van der Waals surface area (Å²) < 4.78 is 7.39. The number of rotatable bonds is 2. The molecule has 3 aromatic rings. The zero-order chi connectivity index (χ0) is 14.2. The van der Waals surface area contributed by atoms with Crippen LogP contribution >= 0.6 is 0 Å². The third kappa shape index (κ3) is 2.03. The van der Waals surface area contributed by atoms with Gasteiger partial charge < -0.3 is 9.73 Å². The normalized spacial score (nSPS) is 17.0. The lowest BCUT2D eigenvalue weighted by Crippen LogP contribution is -2.20. The van der Waals surface area contributed by atoms with Crippen LogP contribution in [0.5, 0.6) is 0 Å². The first-order chi connectivity index (χ1) is 10.3. The highest BCUT2D eigenvalue weighted by atomic mass is 16.3. The maximum atomic E-state index is 5.49. The van der Waals surface area contributed by atoms with E-state index < -0.39 is 0 Å². The summed E-state index contributed by atoms with van der Waals surface area (Å²) in [7, 11) is 0. The lowest BCUT2D eigenvalue weighted by molar-refractivity contribution is 0.547. The molecule has 21 heavy (non-hydrogen) atoms. The summed E-state index contributed by atoms with van der Waals surface area (Å²) in [6.45, 7) is 1.89. The van der Waals surface area contributed by atoms with Crippen molar-refractivity contribution >= 4 is 11.6 Å². The molecule has 3 heterocycles. The molecule has 5 heteroatoms. The van der Waals surface area contributed by atoms with Crippen molar-refractivity contribution in [1.82, 2.24) is 14.8 Å². The van der Waals surface area contributed by atoms with Crippen LogP contribution < -0.4 is 5.32 Å². The summed E-state index contributed by atoms with van der Waals surface area (Å²) >= 11 is 0. The number of allylic oxidation sites excluding steroid dienone is 1. The van der Waals surface area contributed by atoms with E-state index in [1.54, 1.807) is 6.26 Å². The number of fused-ring (bicyclic) bond motifs is 1. The van der Waals surface area contributed by atoms with E-state index in [4.69, 9.17) is 4.42 Å². The quantitative estimate of drug-likeness (QED) is 0.782. The van der Waals surface area contributed by atoms with E-state index >= 15 is 0 Å². The Labute approximate surface area is 121 Å². The van der Waals surface area contributed by atoms with Crippen LogP contribution in [0.3, 0.4) is 0 Å². The lowest BCUT2D eigenvalue weighted by atomic mass is 10.0. The van der Waals surface area contributed by atoms with Crippen molar-refractivity contribution in [2.45, 2.75) is 13.0 Å². The highest BCUT2D eigenvalue weighted by molar-refractivity contribution is 5.74. The Morgan fingerprint density at radius 3 is 2.76 bits per heavy atom. The van der Waals surface area contributed by atoms with Crippen LogP contribution in [0.25, 0.3) is 5.70 Å². The molecular formula is C16H14N4O. The van der Waals surface area contributed by atoms with E-state index in [9.17, 15) is 0 Å². The third-order valence-electron chi connectivity index (χ3n) is 3.50. The summed E-state index contributed by atoms with van der Waals surface area (Å²) in [5, 5.41) is 7.77. The van der Waals surface area contributed by atoms with Crippen LogP contribution in [0.2, 0.25) is 0 Å². The zero-order valence-corrected chi connectivity index (χ0v) is 11.5.